The summed E-state index contributed by atoms with van der Waals surface area (Å²) in [5, 5.41) is 2.84. The van der Waals surface area contributed by atoms with E-state index in [1.807, 2.05) is 0 Å². The minimum Gasteiger partial charge on any atom is -0.444 e. The second kappa shape index (κ2) is 13.1. The Hall–Kier alpha value is -4.04. The first-order chi connectivity index (χ1) is 22.3. The van der Waals surface area contributed by atoms with Crippen LogP contribution in [0, 0.1) is 11.7 Å². The molecule has 3 aliphatic rings. The molecule has 2 aliphatic heterocycles. The van der Waals surface area contributed by atoms with Gasteiger partial charge >= 0.3 is 24.5 Å². The average Bonchev–Trinajstić information content (AvgIpc) is 3.59. The molecule has 0 aromatic heterocycles. The normalized spacial score (nSPS) is 23.9. The first kappa shape index (κ1) is 35.3. The highest BCUT2D eigenvalue weighted by molar-refractivity contribution is 5.95. The Kier molecular flexibility index (Phi) is 9.63. The van der Waals surface area contributed by atoms with E-state index in [2.05, 4.69) is 5.32 Å². The van der Waals surface area contributed by atoms with Crippen molar-refractivity contribution in [2.24, 2.45) is 5.92 Å². The summed E-state index contributed by atoms with van der Waals surface area (Å²) in [6.45, 7) is 5.34. The molecule has 3 fully saturated rings. The first-order valence-corrected chi connectivity index (χ1v) is 15.7. The van der Waals surface area contributed by atoms with Gasteiger partial charge in [-0.25, -0.2) is 14.0 Å². The Morgan fingerprint density at radius 1 is 0.833 bits per heavy atom. The molecule has 2 saturated heterocycles. The molecule has 2 aromatic rings. The number of halogens is 7. The lowest BCUT2D eigenvalue weighted by molar-refractivity contribution is -0.143. The summed E-state index contributed by atoms with van der Waals surface area (Å²) in [6.07, 6.45) is -8.61. The lowest BCUT2D eigenvalue weighted by Gasteiger charge is -2.32. The van der Waals surface area contributed by atoms with E-state index in [0.29, 0.717) is 43.4 Å². The van der Waals surface area contributed by atoms with Crippen molar-refractivity contribution < 1.29 is 49.9 Å². The maximum absolute atomic E-state index is 13.8. The fourth-order valence-corrected chi connectivity index (χ4v) is 6.73. The predicted octanol–water partition coefficient (Wildman–Crippen LogP) is 7.18. The van der Waals surface area contributed by atoms with Crippen LogP contribution in [0.15, 0.2) is 42.5 Å². The summed E-state index contributed by atoms with van der Waals surface area (Å²) in [6, 6.07) is 4.99. The van der Waals surface area contributed by atoms with Gasteiger partial charge in [0.15, 0.2) is 0 Å². The molecular weight excluding hydrogens is 649 g/mol. The molecule has 1 N–H and O–H groups in total. The molecule has 2 heterocycles. The van der Waals surface area contributed by atoms with E-state index in [4.69, 9.17) is 4.74 Å². The van der Waals surface area contributed by atoms with Crippen LogP contribution >= 0.6 is 0 Å². The van der Waals surface area contributed by atoms with E-state index >= 15 is 0 Å². The number of amides is 4. The van der Waals surface area contributed by atoms with Crippen LogP contribution in [-0.2, 0) is 21.9 Å². The van der Waals surface area contributed by atoms with Gasteiger partial charge in [-0.15, -0.1) is 0 Å². The highest BCUT2D eigenvalue weighted by Crippen LogP contribution is 2.41. The van der Waals surface area contributed by atoms with E-state index in [-0.39, 0.29) is 50.1 Å². The molecule has 1 aliphatic carbocycles. The third kappa shape index (κ3) is 7.97. The van der Waals surface area contributed by atoms with E-state index in [1.165, 1.54) is 29.2 Å². The van der Waals surface area contributed by atoms with Crippen LogP contribution in [-0.4, -0.2) is 71.7 Å². The maximum atomic E-state index is 13.8. The highest BCUT2D eigenvalue weighted by Gasteiger charge is 2.47. The van der Waals surface area contributed by atoms with Gasteiger partial charge in [0, 0.05) is 49.7 Å². The Morgan fingerprint density at radius 3 is 1.96 bits per heavy atom. The number of ether oxygens (including phenoxy) is 1. The fourth-order valence-electron chi connectivity index (χ4n) is 6.73. The van der Waals surface area contributed by atoms with Crippen molar-refractivity contribution in [3.05, 3.63) is 65.0 Å². The summed E-state index contributed by atoms with van der Waals surface area (Å²) in [7, 11) is 0. The third-order valence-corrected chi connectivity index (χ3v) is 9.02. The number of rotatable bonds is 5. The quantitative estimate of drug-likeness (QED) is 0.338. The number of nitrogens with zero attached hydrogens (tertiary/aromatic N) is 3. The predicted molar refractivity (Wildman–Crippen MR) is 161 cm³/mol. The van der Waals surface area contributed by atoms with Crippen molar-refractivity contribution in [3.8, 4) is 0 Å². The summed E-state index contributed by atoms with van der Waals surface area (Å²) < 4.78 is 100. The van der Waals surface area contributed by atoms with Crippen LogP contribution in [0.1, 0.15) is 69.1 Å². The number of alkyl halides is 6. The second-order valence-corrected chi connectivity index (χ2v) is 13.6. The molecule has 0 spiro atoms. The zero-order chi connectivity index (χ0) is 35.2. The molecule has 0 unspecified atom stereocenters. The number of nitrogens with one attached hydrogen (secondary N) is 1. The zero-order valence-corrected chi connectivity index (χ0v) is 26.6. The lowest BCUT2D eigenvalue weighted by atomic mass is 9.85. The SMILES string of the molecule is CC(C)(C)OC(=O)N[C@H]1CC[C@H](C(=O)N2C[C@@H](N3CCN(c4cc(C(F)(F)F)cc(C(F)(F)F)c4)C3=O)[C@H](c3ccc(F)cc3)C2)CC1. The number of anilines is 1. The largest absolute Gasteiger partial charge is 0.444 e. The van der Waals surface area contributed by atoms with Gasteiger partial charge in [-0.05, 0) is 82.3 Å². The number of benzene rings is 2. The van der Waals surface area contributed by atoms with Gasteiger partial charge in [-0.3, -0.25) is 9.69 Å². The Balaban J connectivity index is 1.33. The van der Waals surface area contributed by atoms with Gasteiger partial charge in [-0.1, -0.05) is 12.1 Å². The Labute approximate surface area is 273 Å². The number of hydrogen-bond acceptors (Lipinski definition) is 4. The molecule has 4 amide bonds. The van der Waals surface area contributed by atoms with Crippen molar-refractivity contribution in [2.45, 2.75) is 82.4 Å². The summed E-state index contributed by atoms with van der Waals surface area (Å²) >= 11 is 0. The van der Waals surface area contributed by atoms with Gasteiger partial charge < -0.3 is 19.9 Å². The van der Waals surface area contributed by atoms with Crippen LogP contribution in [0.4, 0.5) is 46.0 Å². The fraction of sp³-hybridized carbons (Fsp3) is 0.545. The Bertz CT molecular complexity index is 1480. The monoisotopic (exact) mass is 686 g/mol. The molecule has 5 rings (SSSR count). The molecule has 2 aromatic carbocycles. The second-order valence-electron chi connectivity index (χ2n) is 13.6. The molecule has 8 nitrogen and oxygen atoms in total. The van der Waals surface area contributed by atoms with E-state index in [0.717, 1.165) is 4.90 Å². The van der Waals surface area contributed by atoms with Crippen molar-refractivity contribution in [1.29, 1.82) is 0 Å². The number of carbonyl (C=O) groups is 3. The Morgan fingerprint density at radius 2 is 1.42 bits per heavy atom. The molecular formula is C33H37F7N4O4. The number of alkyl carbamates (subject to hydrolysis) is 1. The molecule has 1 saturated carbocycles. The molecule has 0 bridgehead atoms. The topological polar surface area (TPSA) is 82.2 Å². The lowest BCUT2D eigenvalue weighted by Crippen LogP contribution is -2.45. The van der Waals surface area contributed by atoms with Crippen molar-refractivity contribution in [1.82, 2.24) is 15.1 Å². The summed E-state index contributed by atoms with van der Waals surface area (Å²) in [5.41, 5.74) is -3.62. The van der Waals surface area contributed by atoms with Gasteiger partial charge in [0.25, 0.3) is 0 Å². The van der Waals surface area contributed by atoms with E-state index in [1.54, 1.807) is 25.7 Å². The number of hydrogen-bond donors (Lipinski definition) is 1. The summed E-state index contributed by atoms with van der Waals surface area (Å²) in [4.78, 5) is 43.6. The number of likely N-dealkylation sites (tertiary alicyclic amines) is 1. The standard InChI is InChI=1S/C33H37F7N4O4/c1-31(2,3)48-29(46)41-24-10-6-20(7-11-24)28(45)42-17-26(19-4-8-23(34)9-5-19)27(18-42)44-13-12-43(30(44)47)25-15-21(32(35,36)37)14-22(16-25)33(38,39)40/h4-5,8-9,14-16,20,24,26-27H,6-7,10-13,17-18H2,1-3H3,(H,41,46)/t20-,24-,26-,27+/m0/s1. The molecule has 48 heavy (non-hydrogen) atoms. The molecule has 0 radical (unpaired) electrons. The first-order valence-electron chi connectivity index (χ1n) is 15.7. The molecule has 2 atom stereocenters. The van der Waals surface area contributed by atoms with E-state index < -0.39 is 64.7 Å². The van der Waals surface area contributed by atoms with E-state index in [9.17, 15) is 45.1 Å². The van der Waals surface area contributed by atoms with Crippen LogP contribution < -0.4 is 10.2 Å². The maximum Gasteiger partial charge on any atom is 0.416 e. The summed E-state index contributed by atoms with van der Waals surface area (Å²) in [5.74, 6) is -1.50. The van der Waals surface area contributed by atoms with Gasteiger partial charge in [0.05, 0.1) is 17.2 Å². The zero-order valence-electron chi connectivity index (χ0n) is 26.6. The van der Waals surface area contributed by atoms with Crippen LogP contribution in [0.25, 0.3) is 0 Å². The van der Waals surface area contributed by atoms with Gasteiger partial charge in [-0.2, -0.15) is 26.3 Å². The minimum atomic E-state index is -5.08. The molecule has 15 heteroatoms. The third-order valence-electron chi connectivity index (χ3n) is 9.02. The smallest absolute Gasteiger partial charge is 0.416 e. The highest BCUT2D eigenvalue weighted by atomic mass is 19.4. The molecule has 262 valence electrons. The van der Waals surface area contributed by atoms with Gasteiger partial charge in [0.1, 0.15) is 11.4 Å². The average molecular weight is 687 g/mol. The number of urea groups is 1. The minimum absolute atomic E-state index is 0.00785. The van der Waals surface area contributed by atoms with Crippen molar-refractivity contribution in [3.63, 3.8) is 0 Å². The van der Waals surface area contributed by atoms with Crippen molar-refractivity contribution in [2.75, 3.05) is 31.1 Å². The van der Waals surface area contributed by atoms with Crippen molar-refractivity contribution >= 4 is 23.7 Å². The van der Waals surface area contributed by atoms with Crippen LogP contribution in [0.5, 0.6) is 0 Å². The number of carbonyl (C=O) groups excluding carboxylic acids is 3. The van der Waals surface area contributed by atoms with Gasteiger partial charge in [0.2, 0.25) is 5.91 Å². The van der Waals surface area contributed by atoms with Crippen LogP contribution in [0.3, 0.4) is 0 Å². The van der Waals surface area contributed by atoms with Crippen LogP contribution in [0.2, 0.25) is 0 Å².